The molecule has 1 amide bonds. The van der Waals surface area contributed by atoms with Gasteiger partial charge in [0.15, 0.2) is 5.78 Å². The minimum Gasteiger partial charge on any atom is -0.461 e. The first-order valence-corrected chi connectivity index (χ1v) is 8.56. The van der Waals surface area contributed by atoms with Crippen LogP contribution in [0, 0.1) is 19.7 Å². The number of nitrogens with zero attached hydrogens (tertiary/aromatic N) is 2. The molecule has 6 nitrogen and oxygen atoms in total. The normalized spacial score (nSPS) is 10.6. The van der Waals surface area contributed by atoms with Gasteiger partial charge in [-0.05, 0) is 44.5 Å². The van der Waals surface area contributed by atoms with Crippen LogP contribution in [0.15, 0.2) is 24.3 Å². The van der Waals surface area contributed by atoms with Crippen molar-refractivity contribution in [1.29, 1.82) is 0 Å². The number of ketones is 1. The maximum absolute atomic E-state index is 13.3. The molecule has 0 saturated carbocycles. The Morgan fingerprint density at radius 1 is 1.22 bits per heavy atom. The zero-order valence-electron chi connectivity index (χ0n) is 16.1. The van der Waals surface area contributed by atoms with Crippen molar-refractivity contribution in [3.8, 4) is 0 Å². The zero-order chi connectivity index (χ0) is 20.3. The van der Waals surface area contributed by atoms with Gasteiger partial charge in [0, 0.05) is 30.9 Å². The molecule has 27 heavy (non-hydrogen) atoms. The van der Waals surface area contributed by atoms with Gasteiger partial charge >= 0.3 is 5.97 Å². The number of esters is 1. The molecule has 1 aromatic carbocycles. The fourth-order valence-electron chi connectivity index (χ4n) is 3.09. The van der Waals surface area contributed by atoms with E-state index in [-0.39, 0.29) is 24.5 Å². The number of hydrogen-bond donors (Lipinski definition) is 0. The quantitative estimate of drug-likeness (QED) is 0.576. The van der Waals surface area contributed by atoms with Crippen molar-refractivity contribution in [3.05, 3.63) is 58.2 Å². The molecule has 0 N–H and O–H groups in total. The van der Waals surface area contributed by atoms with Gasteiger partial charge in [0.2, 0.25) is 0 Å². The molecular formula is C20H23FN2O4. The topological polar surface area (TPSA) is 68.6 Å². The monoisotopic (exact) mass is 374 g/mol. The number of rotatable bonds is 6. The molecule has 7 heteroatoms. The number of benzene rings is 1. The lowest BCUT2D eigenvalue weighted by molar-refractivity contribution is 0.0514. The Morgan fingerprint density at radius 3 is 2.48 bits per heavy atom. The van der Waals surface area contributed by atoms with E-state index in [0.29, 0.717) is 22.5 Å². The molecule has 1 heterocycles. The van der Waals surface area contributed by atoms with E-state index >= 15 is 0 Å². The molecule has 0 spiro atoms. The van der Waals surface area contributed by atoms with Gasteiger partial charge in [-0.3, -0.25) is 9.59 Å². The van der Waals surface area contributed by atoms with Crippen molar-refractivity contribution in [2.45, 2.75) is 20.8 Å². The number of carbonyl (C=O) groups excluding carboxylic acids is 3. The van der Waals surface area contributed by atoms with Crippen LogP contribution in [0.1, 0.15) is 49.4 Å². The number of Topliss-reactive ketones (excluding diaryl/α,β-unsaturated/α-hetero) is 1. The molecule has 2 rings (SSSR count). The Balaban J connectivity index is 2.27. The fraction of sp³-hybridized carbons (Fsp3) is 0.350. The Kier molecular flexibility index (Phi) is 6.15. The predicted molar refractivity (Wildman–Crippen MR) is 98.5 cm³/mol. The molecule has 0 aliphatic carbocycles. The standard InChI is InChI=1S/C20H23FN2O4/c1-6-27-20(26)18-12(2)17(13(3)23(18)5)16(24)11-22(4)19(25)14-8-7-9-15(21)10-14/h7-10H,6,11H2,1-5H3. The highest BCUT2D eigenvalue weighted by Gasteiger charge is 2.27. The largest absolute Gasteiger partial charge is 0.461 e. The number of hydrogen-bond acceptors (Lipinski definition) is 4. The number of likely N-dealkylation sites (N-methyl/N-ethyl adjacent to an activating group) is 1. The van der Waals surface area contributed by atoms with Gasteiger partial charge in [0.05, 0.1) is 13.2 Å². The molecule has 2 aromatic rings. The van der Waals surface area contributed by atoms with Gasteiger partial charge in [-0.1, -0.05) is 6.07 Å². The highest BCUT2D eigenvalue weighted by atomic mass is 19.1. The number of amides is 1. The summed E-state index contributed by atoms with van der Waals surface area (Å²) in [6, 6.07) is 5.30. The first-order chi connectivity index (χ1) is 12.7. The molecule has 0 aliphatic heterocycles. The van der Waals surface area contributed by atoms with Crippen molar-refractivity contribution in [3.63, 3.8) is 0 Å². The summed E-state index contributed by atoms with van der Waals surface area (Å²) in [4.78, 5) is 38.6. The van der Waals surface area contributed by atoms with Crippen LogP contribution in [0.4, 0.5) is 4.39 Å². The minimum atomic E-state index is -0.519. The van der Waals surface area contributed by atoms with E-state index < -0.39 is 17.7 Å². The second-order valence-corrected chi connectivity index (χ2v) is 6.31. The summed E-state index contributed by atoms with van der Waals surface area (Å²) in [5.41, 5.74) is 2.01. The number of carbonyl (C=O) groups is 3. The van der Waals surface area contributed by atoms with Crippen LogP contribution in [-0.4, -0.2) is 47.3 Å². The van der Waals surface area contributed by atoms with Crippen molar-refractivity contribution < 1.29 is 23.5 Å². The summed E-state index contributed by atoms with van der Waals surface area (Å²) in [5, 5.41) is 0. The lowest BCUT2D eigenvalue weighted by Gasteiger charge is -2.17. The molecule has 0 fully saturated rings. The number of ether oxygens (including phenoxy) is 1. The Morgan fingerprint density at radius 2 is 1.89 bits per heavy atom. The van der Waals surface area contributed by atoms with Crippen molar-refractivity contribution in [2.24, 2.45) is 7.05 Å². The second-order valence-electron chi connectivity index (χ2n) is 6.31. The van der Waals surface area contributed by atoms with E-state index in [0.717, 1.165) is 6.07 Å². The van der Waals surface area contributed by atoms with Gasteiger partial charge in [-0.15, -0.1) is 0 Å². The highest BCUT2D eigenvalue weighted by Crippen LogP contribution is 2.23. The SMILES string of the molecule is CCOC(=O)c1c(C)c(C(=O)CN(C)C(=O)c2cccc(F)c2)c(C)n1C. The van der Waals surface area contributed by atoms with Crippen LogP contribution in [0.25, 0.3) is 0 Å². The lowest BCUT2D eigenvalue weighted by Crippen LogP contribution is -2.32. The zero-order valence-corrected chi connectivity index (χ0v) is 16.1. The van der Waals surface area contributed by atoms with Gasteiger partial charge in [0.1, 0.15) is 11.5 Å². The van der Waals surface area contributed by atoms with Gasteiger partial charge in [0.25, 0.3) is 5.91 Å². The summed E-state index contributed by atoms with van der Waals surface area (Å²) in [6.07, 6.45) is 0. The fourth-order valence-corrected chi connectivity index (χ4v) is 3.09. The van der Waals surface area contributed by atoms with E-state index in [1.165, 1.54) is 30.1 Å². The van der Waals surface area contributed by atoms with Crippen molar-refractivity contribution >= 4 is 17.7 Å². The smallest absolute Gasteiger partial charge is 0.355 e. The maximum Gasteiger partial charge on any atom is 0.355 e. The molecule has 0 bridgehead atoms. The summed E-state index contributed by atoms with van der Waals surface area (Å²) >= 11 is 0. The van der Waals surface area contributed by atoms with Crippen LogP contribution in [0.5, 0.6) is 0 Å². The van der Waals surface area contributed by atoms with Crippen molar-refractivity contribution in [2.75, 3.05) is 20.2 Å². The van der Waals surface area contributed by atoms with Crippen LogP contribution < -0.4 is 0 Å². The second kappa shape index (κ2) is 8.16. The predicted octanol–water partition coefficient (Wildman–Crippen LogP) is 2.91. The van der Waals surface area contributed by atoms with Gasteiger partial charge in [-0.2, -0.15) is 0 Å². The van der Waals surface area contributed by atoms with E-state index in [4.69, 9.17) is 4.74 Å². The van der Waals surface area contributed by atoms with E-state index in [9.17, 15) is 18.8 Å². The van der Waals surface area contributed by atoms with Gasteiger partial charge < -0.3 is 14.2 Å². The van der Waals surface area contributed by atoms with Gasteiger partial charge in [-0.25, -0.2) is 9.18 Å². The lowest BCUT2D eigenvalue weighted by atomic mass is 10.0. The molecule has 144 valence electrons. The molecular weight excluding hydrogens is 351 g/mol. The average molecular weight is 374 g/mol. The Labute approximate surface area is 157 Å². The first-order valence-electron chi connectivity index (χ1n) is 8.56. The van der Waals surface area contributed by atoms with E-state index in [1.54, 1.807) is 32.4 Å². The first kappa shape index (κ1) is 20.4. The van der Waals surface area contributed by atoms with Crippen LogP contribution in [0.3, 0.4) is 0 Å². The third kappa shape index (κ3) is 4.07. The third-order valence-corrected chi connectivity index (χ3v) is 4.48. The van der Waals surface area contributed by atoms with Crippen molar-refractivity contribution in [1.82, 2.24) is 9.47 Å². The molecule has 0 radical (unpaired) electrons. The summed E-state index contributed by atoms with van der Waals surface area (Å²) in [5.74, 6) is -1.78. The van der Waals surface area contributed by atoms with Crippen LogP contribution in [0.2, 0.25) is 0 Å². The molecule has 1 aromatic heterocycles. The third-order valence-electron chi connectivity index (χ3n) is 4.48. The molecule has 0 unspecified atom stereocenters. The Bertz CT molecular complexity index is 902. The van der Waals surface area contributed by atoms with E-state index in [1.807, 2.05) is 0 Å². The van der Waals surface area contributed by atoms with Crippen LogP contribution in [-0.2, 0) is 11.8 Å². The van der Waals surface area contributed by atoms with E-state index in [2.05, 4.69) is 0 Å². The number of aromatic nitrogens is 1. The summed E-state index contributed by atoms with van der Waals surface area (Å²) in [6.45, 7) is 5.17. The molecule has 0 atom stereocenters. The molecule has 0 saturated heterocycles. The van der Waals surface area contributed by atoms with Crippen LogP contribution >= 0.6 is 0 Å². The highest BCUT2D eigenvalue weighted by molar-refractivity contribution is 6.05. The number of halogens is 1. The summed E-state index contributed by atoms with van der Waals surface area (Å²) in [7, 11) is 3.16. The maximum atomic E-state index is 13.3. The molecule has 0 aliphatic rings. The average Bonchev–Trinajstić information content (AvgIpc) is 2.83. The Hall–Kier alpha value is -2.96. The summed E-state index contributed by atoms with van der Waals surface area (Å²) < 4.78 is 20.0. The minimum absolute atomic E-state index is 0.166.